The van der Waals surface area contributed by atoms with Crippen molar-refractivity contribution in [3.63, 3.8) is 0 Å². The highest BCUT2D eigenvalue weighted by Crippen LogP contribution is 2.28. The van der Waals surface area contributed by atoms with Crippen LogP contribution in [0.2, 0.25) is 0 Å². The van der Waals surface area contributed by atoms with Gasteiger partial charge < -0.3 is 15.5 Å². The van der Waals surface area contributed by atoms with E-state index in [9.17, 15) is 22.8 Å². The largest absolute Gasteiger partial charge is 0.326 e. The average Bonchev–Trinajstić information content (AvgIpc) is 3.22. The SMILES string of the molecule is CC(=O)Nc1ccc(N2CC(C(=O)Nc3ccc(S(=O)(=O)N4CCCCC4)cc3)CC2=O)cc1. The summed E-state index contributed by atoms with van der Waals surface area (Å²) in [5.41, 5.74) is 1.76. The van der Waals surface area contributed by atoms with Gasteiger partial charge >= 0.3 is 0 Å². The first-order valence-corrected chi connectivity index (χ1v) is 12.8. The van der Waals surface area contributed by atoms with Gasteiger partial charge in [-0.3, -0.25) is 14.4 Å². The third-order valence-electron chi connectivity index (χ3n) is 6.07. The van der Waals surface area contributed by atoms with Crippen molar-refractivity contribution in [3.8, 4) is 0 Å². The number of hydrogen-bond acceptors (Lipinski definition) is 5. The normalized spacial score (nSPS) is 19.1. The molecular formula is C24H28N4O5S. The first kappa shape index (κ1) is 23.9. The van der Waals surface area contributed by atoms with Crippen molar-refractivity contribution in [2.45, 2.75) is 37.5 Å². The molecule has 2 aromatic rings. The quantitative estimate of drug-likeness (QED) is 0.654. The van der Waals surface area contributed by atoms with Crippen molar-refractivity contribution in [2.75, 3.05) is 35.2 Å². The van der Waals surface area contributed by atoms with Gasteiger partial charge in [0, 0.05) is 50.0 Å². The molecule has 180 valence electrons. The molecule has 4 rings (SSSR count). The predicted molar refractivity (Wildman–Crippen MR) is 129 cm³/mol. The second-order valence-corrected chi connectivity index (χ2v) is 10.5. The average molecular weight is 485 g/mol. The highest BCUT2D eigenvalue weighted by Gasteiger charge is 2.35. The molecule has 10 heteroatoms. The Morgan fingerprint density at radius 2 is 1.47 bits per heavy atom. The molecule has 2 heterocycles. The number of nitrogens with zero attached hydrogens (tertiary/aromatic N) is 2. The third kappa shape index (κ3) is 5.28. The molecule has 1 unspecified atom stereocenters. The maximum Gasteiger partial charge on any atom is 0.243 e. The molecule has 0 spiro atoms. The van der Waals surface area contributed by atoms with Crippen molar-refractivity contribution >= 4 is 44.8 Å². The van der Waals surface area contributed by atoms with Gasteiger partial charge in [-0.2, -0.15) is 4.31 Å². The number of benzene rings is 2. The van der Waals surface area contributed by atoms with Crippen molar-refractivity contribution in [2.24, 2.45) is 5.92 Å². The van der Waals surface area contributed by atoms with E-state index in [1.807, 2.05) is 0 Å². The summed E-state index contributed by atoms with van der Waals surface area (Å²) in [7, 11) is -3.53. The van der Waals surface area contributed by atoms with E-state index in [4.69, 9.17) is 0 Å². The lowest BCUT2D eigenvalue weighted by Gasteiger charge is -2.25. The minimum absolute atomic E-state index is 0.0840. The molecule has 34 heavy (non-hydrogen) atoms. The number of carbonyl (C=O) groups excluding carboxylic acids is 3. The van der Waals surface area contributed by atoms with Crippen LogP contribution in [0.3, 0.4) is 0 Å². The molecule has 0 aliphatic carbocycles. The lowest BCUT2D eigenvalue weighted by atomic mass is 10.1. The zero-order valence-electron chi connectivity index (χ0n) is 19.0. The van der Waals surface area contributed by atoms with Crippen LogP contribution in [0, 0.1) is 5.92 Å². The number of nitrogens with one attached hydrogen (secondary N) is 2. The fraction of sp³-hybridized carbons (Fsp3) is 0.375. The standard InChI is InChI=1S/C24H28N4O5S/c1-17(29)25-19-5-9-21(10-6-19)28-16-18(15-23(28)30)24(31)26-20-7-11-22(12-8-20)34(32,33)27-13-3-2-4-14-27/h5-12,18H,2-4,13-16H2,1H3,(H,25,29)(H,26,31). The smallest absolute Gasteiger partial charge is 0.243 e. The van der Waals surface area contributed by atoms with Crippen LogP contribution in [0.25, 0.3) is 0 Å². The monoisotopic (exact) mass is 484 g/mol. The van der Waals surface area contributed by atoms with E-state index in [1.165, 1.54) is 23.4 Å². The van der Waals surface area contributed by atoms with Gasteiger partial charge in [-0.1, -0.05) is 6.42 Å². The Morgan fingerprint density at radius 1 is 0.882 bits per heavy atom. The van der Waals surface area contributed by atoms with E-state index in [-0.39, 0.29) is 35.6 Å². The number of sulfonamides is 1. The fourth-order valence-corrected chi connectivity index (χ4v) is 5.79. The van der Waals surface area contributed by atoms with Crippen LogP contribution >= 0.6 is 0 Å². The number of carbonyl (C=O) groups is 3. The van der Waals surface area contributed by atoms with Crippen LogP contribution in [-0.2, 0) is 24.4 Å². The van der Waals surface area contributed by atoms with Crippen LogP contribution in [-0.4, -0.2) is 50.1 Å². The highest BCUT2D eigenvalue weighted by atomic mass is 32.2. The third-order valence-corrected chi connectivity index (χ3v) is 7.98. The topological polar surface area (TPSA) is 116 Å². The van der Waals surface area contributed by atoms with E-state index >= 15 is 0 Å². The van der Waals surface area contributed by atoms with E-state index in [0.717, 1.165) is 19.3 Å². The molecule has 3 amide bonds. The molecule has 2 saturated heterocycles. The van der Waals surface area contributed by atoms with Gasteiger partial charge in [0.25, 0.3) is 0 Å². The summed E-state index contributed by atoms with van der Waals surface area (Å²) in [6.07, 6.45) is 2.86. The molecule has 2 aliphatic rings. The molecule has 0 radical (unpaired) electrons. The summed E-state index contributed by atoms with van der Waals surface area (Å²) in [4.78, 5) is 38.2. The molecule has 2 N–H and O–H groups in total. The lowest BCUT2D eigenvalue weighted by Crippen LogP contribution is -2.35. The van der Waals surface area contributed by atoms with Crippen molar-refractivity contribution < 1.29 is 22.8 Å². The molecular weight excluding hydrogens is 456 g/mol. The van der Waals surface area contributed by atoms with E-state index in [1.54, 1.807) is 41.3 Å². The highest BCUT2D eigenvalue weighted by molar-refractivity contribution is 7.89. The Kier molecular flexibility index (Phi) is 6.99. The Labute approximate surface area is 199 Å². The van der Waals surface area contributed by atoms with Gasteiger partial charge in [0.2, 0.25) is 27.7 Å². The number of hydrogen-bond donors (Lipinski definition) is 2. The van der Waals surface area contributed by atoms with Gasteiger partial charge in [0.1, 0.15) is 0 Å². The molecule has 2 fully saturated rings. The summed E-state index contributed by atoms with van der Waals surface area (Å²) in [5, 5.41) is 5.46. The maximum absolute atomic E-state index is 12.8. The van der Waals surface area contributed by atoms with Crippen molar-refractivity contribution in [1.29, 1.82) is 0 Å². The summed E-state index contributed by atoms with van der Waals surface area (Å²) >= 11 is 0. The van der Waals surface area contributed by atoms with Gasteiger partial charge in [0.15, 0.2) is 0 Å². The molecule has 0 aromatic heterocycles. The van der Waals surface area contributed by atoms with E-state index in [0.29, 0.717) is 30.2 Å². The van der Waals surface area contributed by atoms with Crippen molar-refractivity contribution in [1.82, 2.24) is 4.31 Å². The maximum atomic E-state index is 12.8. The van der Waals surface area contributed by atoms with E-state index < -0.39 is 15.9 Å². The molecule has 0 saturated carbocycles. The fourth-order valence-electron chi connectivity index (χ4n) is 4.27. The van der Waals surface area contributed by atoms with E-state index in [2.05, 4.69) is 10.6 Å². The Bertz CT molecular complexity index is 1170. The second kappa shape index (κ2) is 9.94. The van der Waals surface area contributed by atoms with Crippen molar-refractivity contribution in [3.05, 3.63) is 48.5 Å². The number of rotatable bonds is 6. The van der Waals surface area contributed by atoms with Gasteiger partial charge in [-0.05, 0) is 61.4 Å². The Balaban J connectivity index is 1.37. The second-order valence-electron chi connectivity index (χ2n) is 8.61. The Morgan fingerprint density at radius 3 is 2.09 bits per heavy atom. The predicted octanol–water partition coefficient (Wildman–Crippen LogP) is 2.81. The summed E-state index contributed by atoms with van der Waals surface area (Å²) in [5.74, 6) is -1.16. The van der Waals surface area contributed by atoms with Crippen LogP contribution in [0.5, 0.6) is 0 Å². The number of piperidine rings is 1. The summed E-state index contributed by atoms with van der Waals surface area (Å²) in [6.45, 7) is 2.72. The number of amides is 3. The van der Waals surface area contributed by atoms with Crippen LogP contribution in [0.4, 0.5) is 17.1 Å². The number of anilines is 3. The zero-order valence-corrected chi connectivity index (χ0v) is 19.8. The molecule has 2 aromatic carbocycles. The van der Waals surface area contributed by atoms with Crippen LogP contribution in [0.15, 0.2) is 53.4 Å². The minimum atomic E-state index is -3.53. The summed E-state index contributed by atoms with van der Waals surface area (Å²) in [6, 6.07) is 13.0. The van der Waals surface area contributed by atoms with Crippen LogP contribution < -0.4 is 15.5 Å². The van der Waals surface area contributed by atoms with Gasteiger partial charge in [-0.25, -0.2) is 8.42 Å². The molecule has 9 nitrogen and oxygen atoms in total. The zero-order chi connectivity index (χ0) is 24.3. The molecule has 2 aliphatic heterocycles. The molecule has 0 bridgehead atoms. The minimum Gasteiger partial charge on any atom is -0.326 e. The first-order valence-electron chi connectivity index (χ1n) is 11.3. The van der Waals surface area contributed by atoms with Gasteiger partial charge in [-0.15, -0.1) is 0 Å². The first-order chi connectivity index (χ1) is 16.2. The summed E-state index contributed by atoms with van der Waals surface area (Å²) < 4.78 is 27.1. The molecule has 1 atom stereocenters. The lowest BCUT2D eigenvalue weighted by molar-refractivity contribution is -0.122. The van der Waals surface area contributed by atoms with Crippen LogP contribution in [0.1, 0.15) is 32.6 Å². The van der Waals surface area contributed by atoms with Gasteiger partial charge in [0.05, 0.1) is 10.8 Å². The Hall–Kier alpha value is -3.24.